The molecule has 1 amide bonds. The fourth-order valence-corrected chi connectivity index (χ4v) is 2.25. The highest BCUT2D eigenvalue weighted by Crippen LogP contribution is 2.20. The van der Waals surface area contributed by atoms with Crippen molar-refractivity contribution >= 4 is 28.9 Å². The second-order valence-corrected chi connectivity index (χ2v) is 6.10. The number of amides is 1. The molecule has 0 fully saturated rings. The summed E-state index contributed by atoms with van der Waals surface area (Å²) in [6.07, 6.45) is 0.379. The molecular weight excluding hydrogens is 310 g/mol. The number of carbonyl (C=O) groups is 1. The molecule has 0 heterocycles. The predicted octanol–water partition coefficient (Wildman–Crippen LogP) is 3.30. The van der Waals surface area contributed by atoms with E-state index in [1.54, 1.807) is 0 Å². The average Bonchev–Trinajstić information content (AvgIpc) is 2.49. The normalized spacial score (nSPS) is 10.6. The summed E-state index contributed by atoms with van der Waals surface area (Å²) in [7, 11) is 3.97. The van der Waals surface area contributed by atoms with Crippen molar-refractivity contribution in [3.8, 4) is 0 Å². The lowest BCUT2D eigenvalue weighted by molar-refractivity contribution is -0.120. The Labute approximate surface area is 142 Å². The van der Waals surface area contributed by atoms with Gasteiger partial charge in [0.2, 0.25) is 5.91 Å². The Morgan fingerprint density at radius 1 is 1.09 bits per heavy atom. The van der Waals surface area contributed by atoms with Crippen molar-refractivity contribution in [3.05, 3.63) is 59.1 Å². The quantitative estimate of drug-likeness (QED) is 0.818. The van der Waals surface area contributed by atoms with Crippen LogP contribution in [0, 0.1) is 0 Å². The molecule has 0 radical (unpaired) electrons. The summed E-state index contributed by atoms with van der Waals surface area (Å²) in [5.41, 5.74) is 2.89. The summed E-state index contributed by atoms with van der Waals surface area (Å²) in [5.74, 6) is 0.0375. The molecule has 0 aliphatic heterocycles. The molecule has 2 aromatic carbocycles. The third-order valence-electron chi connectivity index (χ3n) is 3.31. The Morgan fingerprint density at radius 2 is 1.83 bits per heavy atom. The van der Waals surface area contributed by atoms with Gasteiger partial charge in [0.15, 0.2) is 0 Å². The molecule has 23 heavy (non-hydrogen) atoms. The molecule has 0 aromatic heterocycles. The number of rotatable bonds is 7. The number of carbonyl (C=O) groups excluding carboxylic acids is 1. The summed E-state index contributed by atoms with van der Waals surface area (Å²) < 4.78 is 0. The van der Waals surface area contributed by atoms with Crippen LogP contribution in [0.15, 0.2) is 48.5 Å². The molecule has 0 unspecified atom stereocenters. The van der Waals surface area contributed by atoms with E-state index < -0.39 is 0 Å². The third-order valence-corrected chi connectivity index (χ3v) is 3.56. The minimum atomic E-state index is 0.0375. The van der Waals surface area contributed by atoms with E-state index >= 15 is 0 Å². The molecule has 0 spiro atoms. The first kappa shape index (κ1) is 17.3. The molecule has 0 saturated carbocycles. The molecule has 0 atom stereocenters. The molecule has 122 valence electrons. The highest BCUT2D eigenvalue weighted by molar-refractivity contribution is 6.30. The zero-order valence-electron chi connectivity index (χ0n) is 13.5. The molecule has 2 N–H and O–H groups in total. The minimum absolute atomic E-state index is 0.0375. The first-order chi connectivity index (χ1) is 11.0. The van der Waals surface area contributed by atoms with Gasteiger partial charge in [-0.1, -0.05) is 23.7 Å². The Balaban J connectivity index is 1.91. The second-order valence-electron chi connectivity index (χ2n) is 5.66. The van der Waals surface area contributed by atoms with Crippen LogP contribution in [0.5, 0.6) is 0 Å². The average molecular weight is 332 g/mol. The van der Waals surface area contributed by atoms with E-state index in [0.29, 0.717) is 18.0 Å². The number of halogens is 1. The lowest BCUT2D eigenvalue weighted by Gasteiger charge is -2.11. The number of likely N-dealkylation sites (N-methyl/N-ethyl adjacent to an activating group) is 1. The van der Waals surface area contributed by atoms with Crippen molar-refractivity contribution in [1.29, 1.82) is 0 Å². The van der Waals surface area contributed by atoms with Crippen molar-refractivity contribution in [2.75, 3.05) is 32.5 Å². The van der Waals surface area contributed by atoms with Gasteiger partial charge in [-0.15, -0.1) is 0 Å². The molecule has 5 heteroatoms. The summed E-state index contributed by atoms with van der Waals surface area (Å²) in [5, 5.41) is 6.94. The van der Waals surface area contributed by atoms with Crippen LogP contribution < -0.4 is 10.6 Å². The Hall–Kier alpha value is -2.04. The van der Waals surface area contributed by atoms with E-state index in [0.717, 1.165) is 23.5 Å². The number of hydrogen-bond donors (Lipinski definition) is 2. The summed E-state index contributed by atoms with van der Waals surface area (Å²) in [4.78, 5) is 14.0. The van der Waals surface area contributed by atoms with E-state index in [4.69, 9.17) is 11.6 Å². The van der Waals surface area contributed by atoms with Crippen LogP contribution in [0.4, 0.5) is 11.4 Å². The first-order valence-electron chi connectivity index (χ1n) is 7.56. The number of benzene rings is 2. The van der Waals surface area contributed by atoms with Crippen LogP contribution in [0.25, 0.3) is 0 Å². The largest absolute Gasteiger partial charge is 0.356 e. The van der Waals surface area contributed by atoms with Gasteiger partial charge in [0.25, 0.3) is 0 Å². The van der Waals surface area contributed by atoms with Gasteiger partial charge in [0.1, 0.15) is 0 Å². The van der Waals surface area contributed by atoms with Crippen LogP contribution >= 0.6 is 11.6 Å². The predicted molar refractivity (Wildman–Crippen MR) is 96.4 cm³/mol. The van der Waals surface area contributed by atoms with Crippen molar-refractivity contribution < 1.29 is 4.79 Å². The Kier molecular flexibility index (Phi) is 6.44. The number of anilines is 2. The topological polar surface area (TPSA) is 44.4 Å². The van der Waals surface area contributed by atoms with Gasteiger partial charge < -0.3 is 15.5 Å². The number of hydrogen-bond acceptors (Lipinski definition) is 3. The van der Waals surface area contributed by atoms with Crippen LogP contribution in [0.2, 0.25) is 5.02 Å². The smallest absolute Gasteiger partial charge is 0.224 e. The third kappa shape index (κ3) is 6.30. The fourth-order valence-electron chi connectivity index (χ4n) is 2.13. The van der Waals surface area contributed by atoms with Crippen molar-refractivity contribution in [2.24, 2.45) is 0 Å². The van der Waals surface area contributed by atoms with Crippen LogP contribution in [0.1, 0.15) is 5.56 Å². The molecule has 0 saturated heterocycles. The zero-order chi connectivity index (χ0) is 16.7. The Bertz CT molecular complexity index is 641. The van der Waals surface area contributed by atoms with E-state index in [-0.39, 0.29) is 5.91 Å². The SMILES string of the molecule is CN(C)CCNC(=O)Cc1cccc(Nc2ccc(Cl)cc2)c1. The van der Waals surface area contributed by atoms with Gasteiger partial charge in [0.05, 0.1) is 6.42 Å². The summed E-state index contributed by atoms with van der Waals surface area (Å²) in [6, 6.07) is 15.4. The van der Waals surface area contributed by atoms with Crippen LogP contribution in [-0.4, -0.2) is 38.0 Å². The van der Waals surface area contributed by atoms with Gasteiger partial charge >= 0.3 is 0 Å². The van der Waals surface area contributed by atoms with Gasteiger partial charge in [-0.2, -0.15) is 0 Å². The standard InChI is InChI=1S/C18H22ClN3O/c1-22(2)11-10-20-18(23)13-14-4-3-5-17(12-14)21-16-8-6-15(19)7-9-16/h3-9,12,21H,10-11,13H2,1-2H3,(H,20,23). The van der Waals surface area contributed by atoms with Gasteiger partial charge in [0, 0.05) is 29.5 Å². The second kappa shape index (κ2) is 8.56. The van der Waals surface area contributed by atoms with Crippen molar-refractivity contribution in [3.63, 3.8) is 0 Å². The first-order valence-corrected chi connectivity index (χ1v) is 7.94. The van der Waals surface area contributed by atoms with Crippen molar-refractivity contribution in [1.82, 2.24) is 10.2 Å². The van der Waals surface area contributed by atoms with E-state index in [1.165, 1.54) is 0 Å². The van der Waals surface area contributed by atoms with Crippen LogP contribution in [0.3, 0.4) is 0 Å². The molecule has 0 bridgehead atoms. The number of nitrogens with one attached hydrogen (secondary N) is 2. The maximum atomic E-state index is 11.9. The lowest BCUT2D eigenvalue weighted by atomic mass is 10.1. The monoisotopic (exact) mass is 331 g/mol. The molecular formula is C18H22ClN3O. The molecule has 2 aromatic rings. The zero-order valence-corrected chi connectivity index (χ0v) is 14.2. The fraction of sp³-hybridized carbons (Fsp3) is 0.278. The number of nitrogens with zero attached hydrogens (tertiary/aromatic N) is 1. The molecule has 2 rings (SSSR count). The Morgan fingerprint density at radius 3 is 2.52 bits per heavy atom. The van der Waals surface area contributed by atoms with Crippen molar-refractivity contribution in [2.45, 2.75) is 6.42 Å². The van der Waals surface area contributed by atoms with E-state index in [2.05, 4.69) is 10.6 Å². The van der Waals surface area contributed by atoms with E-state index in [9.17, 15) is 4.79 Å². The molecule has 0 aliphatic carbocycles. The minimum Gasteiger partial charge on any atom is -0.356 e. The summed E-state index contributed by atoms with van der Waals surface area (Å²) >= 11 is 5.88. The van der Waals surface area contributed by atoms with Gasteiger partial charge in [-0.05, 0) is 56.1 Å². The lowest BCUT2D eigenvalue weighted by Crippen LogP contribution is -2.32. The van der Waals surface area contributed by atoms with Gasteiger partial charge in [-0.3, -0.25) is 4.79 Å². The highest BCUT2D eigenvalue weighted by atomic mass is 35.5. The van der Waals surface area contributed by atoms with Gasteiger partial charge in [-0.25, -0.2) is 0 Å². The maximum Gasteiger partial charge on any atom is 0.224 e. The maximum absolute atomic E-state index is 11.9. The summed E-state index contributed by atoms with van der Waals surface area (Å²) in [6.45, 7) is 1.50. The van der Waals surface area contributed by atoms with E-state index in [1.807, 2.05) is 67.5 Å². The van der Waals surface area contributed by atoms with Crippen LogP contribution in [-0.2, 0) is 11.2 Å². The molecule has 4 nitrogen and oxygen atoms in total. The highest BCUT2D eigenvalue weighted by Gasteiger charge is 2.04. The molecule has 0 aliphatic rings.